The molecule has 0 aliphatic carbocycles. The van der Waals surface area contributed by atoms with Gasteiger partial charge in [0.25, 0.3) is 9.84 Å². The quantitative estimate of drug-likeness (QED) is 0.678. The van der Waals surface area contributed by atoms with Crippen LogP contribution < -0.4 is 11.5 Å². The van der Waals surface area contributed by atoms with Crippen LogP contribution in [0.1, 0.15) is 25.7 Å². The first-order valence-corrected chi connectivity index (χ1v) is 6.04. The van der Waals surface area contributed by atoms with Gasteiger partial charge in [-0.05, 0) is 19.4 Å². The summed E-state index contributed by atoms with van der Waals surface area (Å²) < 4.78 is 57.4. The third-order valence-corrected chi connectivity index (χ3v) is 3.59. The minimum absolute atomic E-state index is 0.193. The number of nitrogens with two attached hydrogens (primary N) is 2. The molecule has 0 amide bonds. The van der Waals surface area contributed by atoms with Crippen molar-refractivity contribution >= 4 is 9.84 Å². The first-order valence-electron chi connectivity index (χ1n) is 4.49. The number of hydrogen-bond donors (Lipinski definition) is 2. The molecule has 8 heteroatoms. The molecule has 0 heterocycles. The minimum Gasteiger partial charge on any atom is -0.330 e. The van der Waals surface area contributed by atoms with Crippen LogP contribution in [0.25, 0.3) is 0 Å². The molecule has 0 aromatic carbocycles. The van der Waals surface area contributed by atoms with Crippen LogP contribution >= 0.6 is 0 Å². The van der Waals surface area contributed by atoms with Gasteiger partial charge < -0.3 is 11.5 Å². The predicted molar refractivity (Wildman–Crippen MR) is 50.5 cm³/mol. The summed E-state index contributed by atoms with van der Waals surface area (Å²) in [5.41, 5.74) is 4.89. The molecular formula is C7H15F3N2O2S. The molecule has 1 unspecified atom stereocenters. The number of sulfone groups is 1. The Kier molecular flexibility index (Phi) is 5.54. The number of hydrogen-bond acceptors (Lipinski definition) is 4. The largest absolute Gasteiger partial charge is 0.498 e. The van der Waals surface area contributed by atoms with E-state index in [1.54, 1.807) is 0 Å². The number of unbranched alkanes of at least 4 members (excludes halogenated alkanes) is 2. The van der Waals surface area contributed by atoms with E-state index in [1.807, 2.05) is 0 Å². The summed E-state index contributed by atoms with van der Waals surface area (Å²) in [6.07, 6.45) is 1.37. The number of rotatable bonds is 6. The fraction of sp³-hybridized carbons (Fsp3) is 1.00. The highest BCUT2D eigenvalue weighted by atomic mass is 32.2. The third kappa shape index (κ3) is 4.35. The Hall–Kier alpha value is -0.340. The van der Waals surface area contributed by atoms with Crippen molar-refractivity contribution in [2.45, 2.75) is 36.6 Å². The van der Waals surface area contributed by atoms with Gasteiger partial charge in [-0.1, -0.05) is 12.8 Å². The van der Waals surface area contributed by atoms with Crippen LogP contribution in [0.15, 0.2) is 0 Å². The maximum Gasteiger partial charge on any atom is 0.498 e. The van der Waals surface area contributed by atoms with Gasteiger partial charge >= 0.3 is 5.51 Å². The van der Waals surface area contributed by atoms with Crippen molar-refractivity contribution in [2.24, 2.45) is 11.5 Å². The van der Waals surface area contributed by atoms with E-state index in [-0.39, 0.29) is 6.42 Å². The average molecular weight is 248 g/mol. The lowest BCUT2D eigenvalue weighted by Crippen LogP contribution is -2.40. The second-order valence-electron chi connectivity index (χ2n) is 3.17. The van der Waals surface area contributed by atoms with Crippen LogP contribution in [-0.2, 0) is 9.84 Å². The van der Waals surface area contributed by atoms with Gasteiger partial charge in [0.05, 0.1) is 0 Å². The van der Waals surface area contributed by atoms with Gasteiger partial charge in [-0.25, -0.2) is 8.42 Å². The van der Waals surface area contributed by atoms with Gasteiger partial charge in [-0.2, -0.15) is 13.2 Å². The van der Waals surface area contributed by atoms with Crippen LogP contribution in [0, 0.1) is 0 Å². The first kappa shape index (κ1) is 14.7. The lowest BCUT2D eigenvalue weighted by Gasteiger charge is -2.14. The van der Waals surface area contributed by atoms with Gasteiger partial charge in [0, 0.05) is 0 Å². The SMILES string of the molecule is NCCCCCC(N)S(=O)(=O)C(F)(F)F. The third-order valence-electron chi connectivity index (χ3n) is 1.91. The monoisotopic (exact) mass is 248 g/mol. The summed E-state index contributed by atoms with van der Waals surface area (Å²) in [5, 5.41) is -1.87. The lowest BCUT2D eigenvalue weighted by molar-refractivity contribution is -0.0445. The molecule has 0 spiro atoms. The Bertz CT molecular complexity index is 276. The summed E-state index contributed by atoms with van der Waals surface area (Å²) in [6.45, 7) is 0.432. The second kappa shape index (κ2) is 5.66. The molecule has 0 bridgehead atoms. The zero-order chi connectivity index (χ0) is 12.1. The summed E-state index contributed by atoms with van der Waals surface area (Å²) >= 11 is 0. The van der Waals surface area contributed by atoms with Gasteiger partial charge in [-0.3, -0.25) is 0 Å². The van der Waals surface area contributed by atoms with E-state index in [9.17, 15) is 21.6 Å². The van der Waals surface area contributed by atoms with Gasteiger partial charge in [0.15, 0.2) is 0 Å². The average Bonchev–Trinajstić information content (AvgIpc) is 2.10. The molecule has 0 rings (SSSR count). The molecular weight excluding hydrogens is 233 g/mol. The summed E-state index contributed by atoms with van der Waals surface area (Å²) in [5.74, 6) is 0. The minimum atomic E-state index is -5.26. The molecule has 0 aliphatic rings. The van der Waals surface area contributed by atoms with Crippen molar-refractivity contribution in [3.8, 4) is 0 Å². The molecule has 15 heavy (non-hydrogen) atoms. The van der Waals surface area contributed by atoms with Gasteiger partial charge in [0.1, 0.15) is 5.37 Å². The maximum absolute atomic E-state index is 12.0. The Morgan fingerprint density at radius 2 is 1.67 bits per heavy atom. The van der Waals surface area contributed by atoms with Crippen LogP contribution in [0.2, 0.25) is 0 Å². The lowest BCUT2D eigenvalue weighted by atomic mass is 10.2. The molecule has 4 nitrogen and oxygen atoms in total. The molecule has 1 atom stereocenters. The van der Waals surface area contributed by atoms with E-state index in [2.05, 4.69) is 0 Å². The van der Waals surface area contributed by atoms with E-state index in [0.717, 1.165) is 0 Å². The van der Waals surface area contributed by atoms with Crippen molar-refractivity contribution in [2.75, 3.05) is 6.54 Å². The van der Waals surface area contributed by atoms with Crippen LogP contribution in [-0.4, -0.2) is 25.8 Å². The van der Waals surface area contributed by atoms with E-state index >= 15 is 0 Å². The second-order valence-corrected chi connectivity index (χ2v) is 5.33. The molecule has 0 radical (unpaired) electrons. The molecule has 0 aromatic heterocycles. The van der Waals surface area contributed by atoms with Gasteiger partial charge in [-0.15, -0.1) is 0 Å². The summed E-state index contributed by atoms with van der Waals surface area (Å²) in [6, 6.07) is 0. The predicted octanol–water partition coefficient (Wildman–Crippen LogP) is 0.725. The Labute approximate surface area is 86.7 Å². The molecule has 0 fully saturated rings. The van der Waals surface area contributed by atoms with Gasteiger partial charge in [0.2, 0.25) is 0 Å². The molecule has 0 saturated carbocycles. The fourth-order valence-corrected chi connectivity index (χ4v) is 1.81. The fourth-order valence-electron chi connectivity index (χ4n) is 0.993. The summed E-state index contributed by atoms with van der Waals surface area (Å²) in [7, 11) is -5.22. The zero-order valence-corrected chi connectivity index (χ0v) is 8.94. The number of halogens is 3. The smallest absolute Gasteiger partial charge is 0.330 e. The molecule has 92 valence electrons. The standard InChI is InChI=1S/C7H15F3N2O2S/c8-7(9,10)15(13,14)6(12)4-2-1-3-5-11/h6H,1-5,11-12H2. The highest BCUT2D eigenvalue weighted by Gasteiger charge is 2.49. The van der Waals surface area contributed by atoms with Crippen molar-refractivity contribution in [3.63, 3.8) is 0 Å². The maximum atomic E-state index is 12.0. The first-order chi connectivity index (χ1) is 6.73. The van der Waals surface area contributed by atoms with Crippen molar-refractivity contribution in [3.05, 3.63) is 0 Å². The molecule has 0 aromatic rings. The molecule has 0 aliphatic heterocycles. The Morgan fingerprint density at radius 1 is 1.13 bits per heavy atom. The molecule has 4 N–H and O–H groups in total. The highest BCUT2D eigenvalue weighted by Crippen LogP contribution is 2.27. The van der Waals surface area contributed by atoms with Crippen molar-refractivity contribution in [1.82, 2.24) is 0 Å². The van der Waals surface area contributed by atoms with E-state index in [0.29, 0.717) is 25.8 Å². The normalized spacial score (nSPS) is 15.3. The highest BCUT2D eigenvalue weighted by molar-refractivity contribution is 7.92. The summed E-state index contributed by atoms with van der Waals surface area (Å²) in [4.78, 5) is 0. The van der Waals surface area contributed by atoms with E-state index in [1.165, 1.54) is 0 Å². The van der Waals surface area contributed by atoms with Crippen LogP contribution in [0.3, 0.4) is 0 Å². The van der Waals surface area contributed by atoms with Crippen molar-refractivity contribution in [1.29, 1.82) is 0 Å². The van der Waals surface area contributed by atoms with Crippen molar-refractivity contribution < 1.29 is 21.6 Å². The van der Waals surface area contributed by atoms with E-state index < -0.39 is 20.7 Å². The Morgan fingerprint density at radius 3 is 2.07 bits per heavy atom. The molecule has 0 saturated heterocycles. The van der Waals surface area contributed by atoms with Crippen LogP contribution in [0.4, 0.5) is 13.2 Å². The van der Waals surface area contributed by atoms with Crippen LogP contribution in [0.5, 0.6) is 0 Å². The Balaban J connectivity index is 4.16. The zero-order valence-electron chi connectivity index (χ0n) is 8.13. The van der Waals surface area contributed by atoms with E-state index in [4.69, 9.17) is 11.5 Å². The topological polar surface area (TPSA) is 86.2 Å². The number of alkyl halides is 3.